The van der Waals surface area contributed by atoms with Gasteiger partial charge in [0, 0.05) is 24.2 Å². The molecule has 32 heavy (non-hydrogen) atoms. The lowest BCUT2D eigenvalue weighted by Crippen LogP contribution is -2.39. The van der Waals surface area contributed by atoms with Crippen LogP contribution < -0.4 is 21.2 Å². The number of ether oxygens (including phenoxy) is 1. The van der Waals surface area contributed by atoms with Crippen LogP contribution in [-0.4, -0.2) is 39.1 Å². The second-order valence-corrected chi connectivity index (χ2v) is 7.73. The second kappa shape index (κ2) is 9.17. The quantitative estimate of drug-likeness (QED) is 0.600. The van der Waals surface area contributed by atoms with Gasteiger partial charge in [-0.2, -0.15) is 10.2 Å². The van der Waals surface area contributed by atoms with E-state index in [1.165, 1.54) is 15.4 Å². The Bertz CT molecular complexity index is 1250. The summed E-state index contributed by atoms with van der Waals surface area (Å²) in [6, 6.07) is 11.3. The van der Waals surface area contributed by atoms with Crippen molar-refractivity contribution in [3.8, 4) is 17.0 Å². The Morgan fingerprint density at radius 2 is 1.88 bits per heavy atom. The van der Waals surface area contributed by atoms with Crippen LogP contribution in [0.15, 0.2) is 52.1 Å². The van der Waals surface area contributed by atoms with E-state index in [1.807, 2.05) is 24.3 Å². The van der Waals surface area contributed by atoms with Crippen LogP contribution in [-0.2, 0) is 24.2 Å². The molecule has 1 aliphatic carbocycles. The normalized spacial score (nSPS) is 13.4. The Hall–Kier alpha value is -3.75. The number of carbonyl (C=O) groups excluding carboxylic acids is 1. The van der Waals surface area contributed by atoms with Crippen molar-refractivity contribution < 1.29 is 9.53 Å². The molecule has 1 aromatic carbocycles. The molecule has 1 unspecified atom stereocenters. The van der Waals surface area contributed by atoms with Crippen LogP contribution in [0, 0.1) is 0 Å². The Kier molecular flexibility index (Phi) is 6.16. The number of methoxy groups -OCH3 is 1. The summed E-state index contributed by atoms with van der Waals surface area (Å²) in [6.45, 7) is 2.04. The van der Waals surface area contributed by atoms with Crippen molar-refractivity contribution in [2.45, 2.75) is 38.8 Å². The minimum atomic E-state index is -0.747. The SMILES string of the molecule is COc1ccc(-c2ccc(=O)n(CCNC(=O)C(C)n3nc4c(cc3=O)CCC4)n2)cc1. The molecule has 3 aromatic rings. The van der Waals surface area contributed by atoms with E-state index in [2.05, 4.69) is 15.5 Å². The van der Waals surface area contributed by atoms with Crippen molar-refractivity contribution in [2.75, 3.05) is 13.7 Å². The fraction of sp³-hybridized carbons (Fsp3) is 0.348. The highest BCUT2D eigenvalue weighted by Crippen LogP contribution is 2.20. The lowest BCUT2D eigenvalue weighted by atomic mass is 10.1. The van der Waals surface area contributed by atoms with Gasteiger partial charge in [-0.15, -0.1) is 0 Å². The Balaban J connectivity index is 1.41. The molecule has 1 amide bonds. The van der Waals surface area contributed by atoms with E-state index >= 15 is 0 Å². The number of benzene rings is 1. The summed E-state index contributed by atoms with van der Waals surface area (Å²) in [6.07, 6.45) is 2.66. The van der Waals surface area contributed by atoms with Crippen LogP contribution in [0.25, 0.3) is 11.3 Å². The van der Waals surface area contributed by atoms with Gasteiger partial charge in [-0.05, 0) is 62.1 Å². The van der Waals surface area contributed by atoms with E-state index in [1.54, 1.807) is 26.2 Å². The first kappa shape index (κ1) is 21.5. The van der Waals surface area contributed by atoms with Crippen LogP contribution in [0.3, 0.4) is 0 Å². The topological polar surface area (TPSA) is 108 Å². The maximum Gasteiger partial charge on any atom is 0.267 e. The van der Waals surface area contributed by atoms with E-state index in [4.69, 9.17) is 4.74 Å². The first-order chi connectivity index (χ1) is 15.5. The number of fused-ring (bicyclic) bond motifs is 1. The number of carbonyl (C=O) groups is 1. The van der Waals surface area contributed by atoms with Crippen molar-refractivity contribution >= 4 is 5.91 Å². The largest absolute Gasteiger partial charge is 0.497 e. The van der Waals surface area contributed by atoms with Gasteiger partial charge in [-0.1, -0.05) is 0 Å². The Morgan fingerprint density at radius 1 is 1.09 bits per heavy atom. The lowest BCUT2D eigenvalue weighted by Gasteiger charge is -2.15. The molecule has 1 atom stereocenters. The van der Waals surface area contributed by atoms with Crippen molar-refractivity contribution in [3.63, 3.8) is 0 Å². The zero-order valence-corrected chi connectivity index (χ0v) is 18.1. The predicted molar refractivity (Wildman–Crippen MR) is 119 cm³/mol. The summed E-state index contributed by atoms with van der Waals surface area (Å²) >= 11 is 0. The van der Waals surface area contributed by atoms with Gasteiger partial charge in [0.25, 0.3) is 11.1 Å². The molecule has 0 aliphatic heterocycles. The first-order valence-corrected chi connectivity index (χ1v) is 10.6. The number of nitrogens with zero attached hydrogens (tertiary/aromatic N) is 4. The molecule has 166 valence electrons. The summed E-state index contributed by atoms with van der Waals surface area (Å²) in [5, 5.41) is 11.5. The predicted octanol–water partition coefficient (Wildman–Crippen LogP) is 1.34. The van der Waals surface area contributed by atoms with Gasteiger partial charge in [0.05, 0.1) is 25.0 Å². The maximum atomic E-state index is 12.6. The van der Waals surface area contributed by atoms with Gasteiger partial charge < -0.3 is 10.1 Å². The summed E-state index contributed by atoms with van der Waals surface area (Å²) < 4.78 is 7.70. The van der Waals surface area contributed by atoms with Gasteiger partial charge >= 0.3 is 0 Å². The van der Waals surface area contributed by atoms with Crippen molar-refractivity contribution in [1.82, 2.24) is 24.9 Å². The molecule has 4 rings (SSSR count). The molecule has 0 saturated carbocycles. The Morgan fingerprint density at radius 3 is 2.62 bits per heavy atom. The van der Waals surface area contributed by atoms with Gasteiger partial charge in [0.15, 0.2) is 0 Å². The lowest BCUT2D eigenvalue weighted by molar-refractivity contribution is -0.124. The third kappa shape index (κ3) is 4.46. The molecule has 0 bridgehead atoms. The average Bonchev–Trinajstić information content (AvgIpc) is 3.26. The van der Waals surface area contributed by atoms with Crippen LogP contribution >= 0.6 is 0 Å². The number of hydrogen-bond acceptors (Lipinski definition) is 6. The molecule has 0 saturated heterocycles. The second-order valence-electron chi connectivity index (χ2n) is 7.73. The smallest absolute Gasteiger partial charge is 0.267 e. The minimum Gasteiger partial charge on any atom is -0.497 e. The first-order valence-electron chi connectivity index (χ1n) is 10.6. The zero-order chi connectivity index (χ0) is 22.7. The molecule has 2 heterocycles. The number of aromatic nitrogens is 4. The summed E-state index contributed by atoms with van der Waals surface area (Å²) in [4.78, 5) is 37.1. The van der Waals surface area contributed by atoms with E-state index in [0.29, 0.717) is 5.69 Å². The van der Waals surface area contributed by atoms with E-state index in [9.17, 15) is 14.4 Å². The van der Waals surface area contributed by atoms with Crippen LogP contribution in [0.4, 0.5) is 0 Å². The molecule has 9 heteroatoms. The molecule has 2 aromatic heterocycles. The number of aryl methyl sites for hydroxylation is 2. The van der Waals surface area contributed by atoms with Crippen molar-refractivity contribution in [1.29, 1.82) is 0 Å². The highest BCUT2D eigenvalue weighted by atomic mass is 16.5. The summed E-state index contributed by atoms with van der Waals surface area (Å²) in [7, 11) is 1.60. The monoisotopic (exact) mass is 435 g/mol. The van der Waals surface area contributed by atoms with Crippen LogP contribution in [0.2, 0.25) is 0 Å². The highest BCUT2D eigenvalue weighted by Gasteiger charge is 2.21. The molecule has 0 radical (unpaired) electrons. The molecule has 0 fully saturated rings. The molecule has 1 aliphatic rings. The fourth-order valence-electron chi connectivity index (χ4n) is 3.76. The number of nitrogens with one attached hydrogen (secondary N) is 1. The molecular weight excluding hydrogens is 410 g/mol. The standard InChI is InChI=1S/C23H25N5O4/c1-15(28-22(30)14-17-4-3-5-19(17)26-28)23(31)24-12-13-27-21(29)11-10-20(25-27)16-6-8-18(32-2)9-7-16/h6-11,14-15H,3-5,12-13H2,1-2H3,(H,24,31). The maximum absolute atomic E-state index is 12.6. The molecule has 9 nitrogen and oxygen atoms in total. The van der Waals surface area contributed by atoms with E-state index < -0.39 is 6.04 Å². The third-order valence-electron chi connectivity index (χ3n) is 5.60. The van der Waals surface area contributed by atoms with Gasteiger partial charge in [0.2, 0.25) is 5.91 Å². The number of rotatable bonds is 7. The van der Waals surface area contributed by atoms with Crippen LogP contribution in [0.1, 0.15) is 30.6 Å². The zero-order valence-electron chi connectivity index (χ0n) is 18.1. The minimum absolute atomic E-state index is 0.196. The van der Waals surface area contributed by atoms with Crippen molar-refractivity contribution in [2.24, 2.45) is 0 Å². The Labute approximate surface area is 184 Å². The highest BCUT2D eigenvalue weighted by molar-refractivity contribution is 5.79. The average molecular weight is 435 g/mol. The van der Waals surface area contributed by atoms with Gasteiger partial charge in [-0.25, -0.2) is 9.36 Å². The van der Waals surface area contributed by atoms with Gasteiger partial charge in [-0.3, -0.25) is 14.4 Å². The van der Waals surface area contributed by atoms with E-state index in [-0.39, 0.29) is 30.1 Å². The van der Waals surface area contributed by atoms with Crippen LogP contribution in [0.5, 0.6) is 5.75 Å². The number of amides is 1. The third-order valence-corrected chi connectivity index (χ3v) is 5.60. The summed E-state index contributed by atoms with van der Waals surface area (Å²) in [5.74, 6) is 0.396. The summed E-state index contributed by atoms with van der Waals surface area (Å²) in [5.41, 5.74) is 2.80. The fourth-order valence-corrected chi connectivity index (χ4v) is 3.76. The molecule has 0 spiro atoms. The van der Waals surface area contributed by atoms with Gasteiger partial charge in [0.1, 0.15) is 11.8 Å². The molecule has 1 N–H and O–H groups in total. The number of hydrogen-bond donors (Lipinski definition) is 1. The molecular formula is C23H25N5O4. The van der Waals surface area contributed by atoms with Crippen molar-refractivity contribution in [3.05, 3.63) is 74.4 Å². The van der Waals surface area contributed by atoms with E-state index in [0.717, 1.165) is 41.8 Å².